The number of carbonyl (C=O) groups is 1. The van der Waals surface area contributed by atoms with Gasteiger partial charge in [0.1, 0.15) is 0 Å². The van der Waals surface area contributed by atoms with Gasteiger partial charge < -0.3 is 5.32 Å². The molecule has 29 heavy (non-hydrogen) atoms. The number of rotatable bonds is 5. The van der Waals surface area contributed by atoms with Crippen LogP contribution in [0.1, 0.15) is 5.56 Å². The third-order valence-electron chi connectivity index (χ3n) is 4.53. The number of benzene rings is 2. The number of urea groups is 1. The fourth-order valence-electron chi connectivity index (χ4n) is 3.17. The van der Waals surface area contributed by atoms with Gasteiger partial charge in [-0.05, 0) is 35.9 Å². The molecule has 0 spiro atoms. The monoisotopic (exact) mass is 383 g/mol. The maximum atomic E-state index is 13.1. The SMILES string of the molecule is Cn1cc(-c2ncccc2CNC(=O)N(c2ccccc2)c2ccccc2)cn1. The number of hydrogen-bond acceptors (Lipinski definition) is 3. The highest BCUT2D eigenvalue weighted by Crippen LogP contribution is 2.25. The molecule has 2 amide bonds. The van der Waals surface area contributed by atoms with E-state index in [0.717, 1.165) is 28.2 Å². The van der Waals surface area contributed by atoms with Crippen LogP contribution in [0, 0.1) is 0 Å². The summed E-state index contributed by atoms with van der Waals surface area (Å²) in [5.41, 5.74) is 4.26. The van der Waals surface area contributed by atoms with Crippen molar-refractivity contribution in [1.82, 2.24) is 20.1 Å². The Kier molecular flexibility index (Phi) is 5.33. The molecule has 0 saturated heterocycles. The largest absolute Gasteiger partial charge is 0.333 e. The maximum Gasteiger partial charge on any atom is 0.326 e. The van der Waals surface area contributed by atoms with Crippen LogP contribution in [0.15, 0.2) is 91.4 Å². The molecule has 4 aromatic rings. The second-order valence-corrected chi connectivity index (χ2v) is 6.58. The van der Waals surface area contributed by atoms with E-state index in [4.69, 9.17) is 0 Å². The minimum atomic E-state index is -0.205. The summed E-state index contributed by atoms with van der Waals surface area (Å²) in [6.07, 6.45) is 5.43. The predicted molar refractivity (Wildman–Crippen MR) is 114 cm³/mol. The van der Waals surface area contributed by atoms with Crippen LogP contribution in [-0.4, -0.2) is 20.8 Å². The average molecular weight is 383 g/mol. The summed E-state index contributed by atoms with van der Waals surface area (Å²) < 4.78 is 1.74. The van der Waals surface area contributed by atoms with Gasteiger partial charge in [0.2, 0.25) is 0 Å². The van der Waals surface area contributed by atoms with Gasteiger partial charge in [0.15, 0.2) is 0 Å². The molecule has 2 heterocycles. The summed E-state index contributed by atoms with van der Waals surface area (Å²) in [6.45, 7) is 0.354. The Hall–Kier alpha value is -3.93. The van der Waals surface area contributed by atoms with Gasteiger partial charge in [-0.25, -0.2) is 4.79 Å². The van der Waals surface area contributed by atoms with Crippen molar-refractivity contribution in [3.8, 4) is 11.3 Å². The smallest absolute Gasteiger partial charge is 0.326 e. The number of hydrogen-bond donors (Lipinski definition) is 1. The van der Waals surface area contributed by atoms with Crippen molar-refractivity contribution in [3.05, 3.63) is 97.0 Å². The molecule has 0 fully saturated rings. The van der Waals surface area contributed by atoms with Crippen molar-refractivity contribution >= 4 is 17.4 Å². The molecule has 6 heteroatoms. The summed E-state index contributed by atoms with van der Waals surface area (Å²) >= 11 is 0. The van der Waals surface area contributed by atoms with Gasteiger partial charge in [0.25, 0.3) is 0 Å². The van der Waals surface area contributed by atoms with E-state index in [-0.39, 0.29) is 6.03 Å². The number of anilines is 2. The molecule has 0 unspecified atom stereocenters. The Bertz CT molecular complexity index is 1050. The molecule has 6 nitrogen and oxygen atoms in total. The Balaban J connectivity index is 1.58. The van der Waals surface area contributed by atoms with E-state index in [2.05, 4.69) is 15.4 Å². The second-order valence-electron chi connectivity index (χ2n) is 6.58. The number of carbonyl (C=O) groups excluding carboxylic acids is 1. The first-order chi connectivity index (χ1) is 14.2. The molecule has 144 valence electrons. The predicted octanol–water partition coefficient (Wildman–Crippen LogP) is 4.53. The third kappa shape index (κ3) is 4.16. The lowest BCUT2D eigenvalue weighted by Crippen LogP contribution is -2.36. The molecule has 1 N–H and O–H groups in total. The standard InChI is InChI=1S/C23H21N5O/c1-27-17-19(16-26-27)22-18(9-8-14-24-22)15-25-23(29)28(20-10-4-2-5-11-20)21-12-6-3-7-13-21/h2-14,16-17H,15H2,1H3,(H,25,29). The summed E-state index contributed by atoms with van der Waals surface area (Å²) in [4.78, 5) is 19.3. The zero-order valence-electron chi connectivity index (χ0n) is 16.1. The van der Waals surface area contributed by atoms with E-state index < -0.39 is 0 Å². The van der Waals surface area contributed by atoms with Crippen molar-refractivity contribution in [2.24, 2.45) is 7.05 Å². The molecule has 2 aromatic carbocycles. The van der Waals surface area contributed by atoms with E-state index in [1.165, 1.54) is 0 Å². The summed E-state index contributed by atoms with van der Waals surface area (Å²) in [5, 5.41) is 7.25. The molecule has 0 bridgehead atoms. The van der Waals surface area contributed by atoms with Crippen LogP contribution < -0.4 is 10.2 Å². The van der Waals surface area contributed by atoms with Crippen molar-refractivity contribution in [2.75, 3.05) is 4.90 Å². The van der Waals surface area contributed by atoms with Crippen LogP contribution in [0.3, 0.4) is 0 Å². The lowest BCUT2D eigenvalue weighted by atomic mass is 10.1. The van der Waals surface area contributed by atoms with E-state index >= 15 is 0 Å². The number of aromatic nitrogens is 3. The van der Waals surface area contributed by atoms with Gasteiger partial charge in [-0.3, -0.25) is 14.6 Å². The van der Waals surface area contributed by atoms with Gasteiger partial charge in [-0.2, -0.15) is 5.10 Å². The highest BCUT2D eigenvalue weighted by Gasteiger charge is 2.18. The van der Waals surface area contributed by atoms with Gasteiger partial charge in [0, 0.05) is 31.5 Å². The first-order valence-electron chi connectivity index (χ1n) is 9.33. The Morgan fingerprint density at radius 3 is 2.21 bits per heavy atom. The normalized spacial score (nSPS) is 10.5. The molecular formula is C23H21N5O. The van der Waals surface area contributed by atoms with Gasteiger partial charge in [-0.15, -0.1) is 0 Å². The lowest BCUT2D eigenvalue weighted by Gasteiger charge is -2.23. The fraction of sp³-hybridized carbons (Fsp3) is 0.0870. The van der Waals surface area contributed by atoms with Crippen molar-refractivity contribution in [2.45, 2.75) is 6.54 Å². The quantitative estimate of drug-likeness (QED) is 0.551. The molecule has 0 aliphatic heterocycles. The molecular weight excluding hydrogens is 362 g/mol. The van der Waals surface area contributed by atoms with Crippen LogP contribution in [0.4, 0.5) is 16.2 Å². The molecule has 0 atom stereocenters. The number of nitrogens with one attached hydrogen (secondary N) is 1. The Labute approximate surface area is 169 Å². The van der Waals surface area contributed by atoms with Crippen LogP contribution in [0.2, 0.25) is 0 Å². The first-order valence-corrected chi connectivity index (χ1v) is 9.33. The molecule has 0 saturated carbocycles. The van der Waals surface area contributed by atoms with E-state index in [9.17, 15) is 4.79 Å². The third-order valence-corrected chi connectivity index (χ3v) is 4.53. The fourth-order valence-corrected chi connectivity index (χ4v) is 3.17. The number of para-hydroxylation sites is 2. The second kappa shape index (κ2) is 8.39. The molecule has 0 aliphatic rings. The average Bonchev–Trinajstić information content (AvgIpc) is 3.20. The summed E-state index contributed by atoms with van der Waals surface area (Å²) in [7, 11) is 1.87. The van der Waals surface area contributed by atoms with Crippen molar-refractivity contribution in [1.29, 1.82) is 0 Å². The molecule has 2 aromatic heterocycles. The van der Waals surface area contributed by atoms with E-state index in [1.807, 2.05) is 86.0 Å². The van der Waals surface area contributed by atoms with Gasteiger partial charge in [-0.1, -0.05) is 42.5 Å². The zero-order valence-corrected chi connectivity index (χ0v) is 16.1. The first kappa shape index (κ1) is 18.4. The molecule has 0 aliphatic carbocycles. The topological polar surface area (TPSA) is 63.1 Å². The number of pyridine rings is 1. The number of aryl methyl sites for hydroxylation is 1. The number of amides is 2. The van der Waals surface area contributed by atoms with Crippen LogP contribution in [0.25, 0.3) is 11.3 Å². The van der Waals surface area contributed by atoms with Crippen molar-refractivity contribution < 1.29 is 4.79 Å². The minimum Gasteiger partial charge on any atom is -0.333 e. The Morgan fingerprint density at radius 2 is 1.62 bits per heavy atom. The van der Waals surface area contributed by atoms with Crippen LogP contribution in [-0.2, 0) is 13.6 Å². The highest BCUT2D eigenvalue weighted by molar-refractivity contribution is 5.99. The van der Waals surface area contributed by atoms with Gasteiger partial charge >= 0.3 is 6.03 Å². The maximum absolute atomic E-state index is 13.1. The highest BCUT2D eigenvalue weighted by atomic mass is 16.2. The number of nitrogens with zero attached hydrogens (tertiary/aromatic N) is 4. The minimum absolute atomic E-state index is 0.205. The zero-order chi connectivity index (χ0) is 20.1. The summed E-state index contributed by atoms with van der Waals surface area (Å²) in [5.74, 6) is 0. The lowest BCUT2D eigenvalue weighted by molar-refractivity contribution is 0.248. The van der Waals surface area contributed by atoms with Gasteiger partial charge in [0.05, 0.1) is 23.3 Å². The molecule has 0 radical (unpaired) electrons. The Morgan fingerprint density at radius 1 is 0.966 bits per heavy atom. The van der Waals surface area contributed by atoms with E-state index in [0.29, 0.717) is 6.54 Å². The summed E-state index contributed by atoms with van der Waals surface area (Å²) in [6, 6.07) is 22.8. The molecule has 4 rings (SSSR count). The van der Waals surface area contributed by atoms with Crippen molar-refractivity contribution in [3.63, 3.8) is 0 Å². The van der Waals surface area contributed by atoms with Crippen LogP contribution in [0.5, 0.6) is 0 Å². The van der Waals surface area contributed by atoms with E-state index in [1.54, 1.807) is 22.0 Å². The van der Waals surface area contributed by atoms with Crippen LogP contribution >= 0.6 is 0 Å².